The van der Waals surface area contributed by atoms with Gasteiger partial charge in [-0.3, -0.25) is 4.98 Å². The highest BCUT2D eigenvalue weighted by Crippen LogP contribution is 2.32. The van der Waals surface area contributed by atoms with E-state index in [1.54, 1.807) is 17.6 Å². The van der Waals surface area contributed by atoms with E-state index in [4.69, 9.17) is 5.11 Å². The maximum absolute atomic E-state index is 11.2. The summed E-state index contributed by atoms with van der Waals surface area (Å²) in [7, 11) is 0. The molecular weight excluding hydrogens is 274 g/mol. The lowest BCUT2D eigenvalue weighted by Crippen LogP contribution is -2.05. The van der Waals surface area contributed by atoms with Crippen molar-refractivity contribution in [3.05, 3.63) is 64.0 Å². The number of carboxylic acids is 1. The average molecular weight is 285 g/mol. The number of para-hydroxylation sites is 1. The van der Waals surface area contributed by atoms with Crippen molar-refractivity contribution in [2.75, 3.05) is 0 Å². The Kier molecular flexibility index (Phi) is 3.22. The van der Waals surface area contributed by atoms with Crippen molar-refractivity contribution in [3.8, 4) is 0 Å². The molecule has 1 atom stereocenters. The molecule has 1 aromatic carbocycles. The van der Waals surface area contributed by atoms with Crippen LogP contribution in [0.15, 0.2) is 48.0 Å². The molecule has 0 aliphatic rings. The molecule has 1 unspecified atom stereocenters. The zero-order valence-electron chi connectivity index (χ0n) is 10.4. The minimum absolute atomic E-state index is 0.135. The summed E-state index contributed by atoms with van der Waals surface area (Å²) < 4.78 is 0. The van der Waals surface area contributed by atoms with Crippen LogP contribution in [0.25, 0.3) is 10.9 Å². The Balaban J connectivity index is 2.15. The topological polar surface area (TPSA) is 70.4 Å². The number of pyridine rings is 1. The van der Waals surface area contributed by atoms with Crippen molar-refractivity contribution < 1.29 is 15.0 Å². The van der Waals surface area contributed by atoms with Crippen molar-refractivity contribution in [2.24, 2.45) is 0 Å². The molecule has 2 N–H and O–H groups in total. The van der Waals surface area contributed by atoms with Gasteiger partial charge in [-0.25, -0.2) is 4.79 Å². The Morgan fingerprint density at radius 3 is 2.80 bits per heavy atom. The minimum atomic E-state index is -1.03. The second kappa shape index (κ2) is 5.03. The van der Waals surface area contributed by atoms with E-state index in [-0.39, 0.29) is 5.56 Å². The van der Waals surface area contributed by atoms with E-state index in [0.717, 1.165) is 5.39 Å². The van der Waals surface area contributed by atoms with Crippen molar-refractivity contribution in [2.45, 2.75) is 6.10 Å². The highest BCUT2D eigenvalue weighted by molar-refractivity contribution is 7.10. The van der Waals surface area contributed by atoms with Crippen LogP contribution in [0.5, 0.6) is 0 Å². The number of hydrogen-bond donors (Lipinski definition) is 2. The first-order chi connectivity index (χ1) is 9.68. The Morgan fingerprint density at radius 1 is 1.20 bits per heavy atom. The lowest BCUT2D eigenvalue weighted by atomic mass is 10.0. The van der Waals surface area contributed by atoms with Gasteiger partial charge in [-0.1, -0.05) is 24.3 Å². The molecule has 0 bridgehead atoms. The molecule has 0 aliphatic heterocycles. The quantitative estimate of drug-likeness (QED) is 0.776. The number of carboxylic acid groups (broad SMARTS) is 1. The Morgan fingerprint density at radius 2 is 2.00 bits per heavy atom. The number of hydrogen-bond acceptors (Lipinski definition) is 4. The van der Waals surface area contributed by atoms with Gasteiger partial charge in [0.1, 0.15) is 6.10 Å². The van der Waals surface area contributed by atoms with Crippen LogP contribution in [0.1, 0.15) is 26.9 Å². The third-order valence-corrected chi connectivity index (χ3v) is 4.10. The van der Waals surface area contributed by atoms with Crippen molar-refractivity contribution >= 4 is 28.2 Å². The molecule has 0 saturated carbocycles. The summed E-state index contributed by atoms with van der Waals surface area (Å²) in [6.45, 7) is 0. The predicted octanol–water partition coefficient (Wildman–Crippen LogP) is 3.08. The predicted molar refractivity (Wildman–Crippen MR) is 77.1 cm³/mol. The summed E-state index contributed by atoms with van der Waals surface area (Å²) in [5.74, 6) is -1.03. The number of rotatable bonds is 3. The SMILES string of the molecule is O=C(O)c1ccsc1C(O)c1cccc2cccnc12. The molecule has 0 fully saturated rings. The second-order valence-corrected chi connectivity index (χ2v) is 5.28. The smallest absolute Gasteiger partial charge is 0.336 e. The minimum Gasteiger partial charge on any atom is -0.478 e. The summed E-state index contributed by atoms with van der Waals surface area (Å²) >= 11 is 1.23. The first kappa shape index (κ1) is 12.8. The Hall–Kier alpha value is -2.24. The normalized spacial score (nSPS) is 12.4. The standard InChI is InChI=1S/C15H11NO3S/c17-13(14-11(15(18)19)6-8-20-14)10-5-1-3-9-4-2-7-16-12(9)10/h1-8,13,17H,(H,18,19). The summed E-state index contributed by atoms with van der Waals surface area (Å²) in [4.78, 5) is 15.9. The number of carbonyl (C=O) groups is 1. The first-order valence-electron chi connectivity index (χ1n) is 6.01. The first-order valence-corrected chi connectivity index (χ1v) is 6.89. The molecular formula is C15H11NO3S. The summed E-state index contributed by atoms with van der Waals surface area (Å²) in [6.07, 6.45) is 0.671. The fourth-order valence-corrected chi connectivity index (χ4v) is 3.09. The van der Waals surface area contributed by atoms with Gasteiger partial charge in [0.05, 0.1) is 16.0 Å². The summed E-state index contributed by atoms with van der Waals surface area (Å²) in [5, 5.41) is 22.2. The van der Waals surface area contributed by atoms with Gasteiger partial charge < -0.3 is 10.2 Å². The Labute approximate surface area is 119 Å². The van der Waals surface area contributed by atoms with Crippen LogP contribution in [0, 0.1) is 0 Å². The van der Waals surface area contributed by atoms with E-state index in [1.165, 1.54) is 17.4 Å². The van der Waals surface area contributed by atoms with E-state index in [1.807, 2.05) is 24.3 Å². The molecule has 0 saturated heterocycles. The zero-order chi connectivity index (χ0) is 14.1. The van der Waals surface area contributed by atoms with Crippen LogP contribution in [0.2, 0.25) is 0 Å². The average Bonchev–Trinajstić information content (AvgIpc) is 2.95. The van der Waals surface area contributed by atoms with E-state index < -0.39 is 12.1 Å². The van der Waals surface area contributed by atoms with E-state index in [0.29, 0.717) is 16.0 Å². The maximum atomic E-state index is 11.2. The number of aliphatic hydroxyl groups is 1. The molecule has 0 radical (unpaired) electrons. The molecule has 2 heterocycles. The largest absolute Gasteiger partial charge is 0.478 e. The summed E-state index contributed by atoms with van der Waals surface area (Å²) in [5.41, 5.74) is 1.44. The molecule has 4 nitrogen and oxygen atoms in total. The fraction of sp³-hybridized carbons (Fsp3) is 0.0667. The molecule has 3 aromatic rings. The molecule has 0 amide bonds. The number of benzene rings is 1. The van der Waals surface area contributed by atoms with E-state index >= 15 is 0 Å². The van der Waals surface area contributed by atoms with Crippen LogP contribution in [0.3, 0.4) is 0 Å². The lowest BCUT2D eigenvalue weighted by molar-refractivity contribution is 0.0692. The molecule has 20 heavy (non-hydrogen) atoms. The number of nitrogens with zero attached hydrogens (tertiary/aromatic N) is 1. The molecule has 100 valence electrons. The van der Waals surface area contributed by atoms with Crippen LogP contribution >= 0.6 is 11.3 Å². The number of fused-ring (bicyclic) bond motifs is 1. The van der Waals surface area contributed by atoms with Gasteiger partial charge in [0.15, 0.2) is 0 Å². The number of aromatic carboxylic acids is 1. The maximum Gasteiger partial charge on any atom is 0.336 e. The van der Waals surface area contributed by atoms with Gasteiger partial charge >= 0.3 is 5.97 Å². The van der Waals surface area contributed by atoms with Crippen LogP contribution in [-0.2, 0) is 0 Å². The van der Waals surface area contributed by atoms with Gasteiger partial charge in [0, 0.05) is 17.1 Å². The second-order valence-electron chi connectivity index (χ2n) is 4.33. The number of thiophene rings is 1. The van der Waals surface area contributed by atoms with E-state index in [2.05, 4.69) is 4.98 Å². The molecule has 0 aliphatic carbocycles. The number of aliphatic hydroxyl groups excluding tert-OH is 1. The Bertz CT molecular complexity index is 776. The molecule has 0 spiro atoms. The van der Waals surface area contributed by atoms with Crippen molar-refractivity contribution in [1.82, 2.24) is 4.98 Å². The van der Waals surface area contributed by atoms with Gasteiger partial charge in [-0.15, -0.1) is 11.3 Å². The number of aromatic nitrogens is 1. The van der Waals surface area contributed by atoms with Crippen molar-refractivity contribution in [3.63, 3.8) is 0 Å². The zero-order valence-corrected chi connectivity index (χ0v) is 11.2. The van der Waals surface area contributed by atoms with Crippen LogP contribution in [0.4, 0.5) is 0 Å². The molecule has 2 aromatic heterocycles. The molecule has 3 rings (SSSR count). The fourth-order valence-electron chi connectivity index (χ4n) is 2.20. The van der Waals surface area contributed by atoms with Gasteiger partial charge in [0.2, 0.25) is 0 Å². The van der Waals surface area contributed by atoms with Crippen LogP contribution < -0.4 is 0 Å². The van der Waals surface area contributed by atoms with E-state index in [9.17, 15) is 9.90 Å². The third-order valence-electron chi connectivity index (χ3n) is 3.13. The summed E-state index contributed by atoms with van der Waals surface area (Å²) in [6, 6.07) is 10.7. The van der Waals surface area contributed by atoms with Gasteiger partial charge in [-0.2, -0.15) is 0 Å². The van der Waals surface area contributed by atoms with Gasteiger partial charge in [-0.05, 0) is 17.5 Å². The third kappa shape index (κ3) is 2.07. The van der Waals surface area contributed by atoms with Gasteiger partial charge in [0.25, 0.3) is 0 Å². The lowest BCUT2D eigenvalue weighted by Gasteiger charge is -2.12. The van der Waals surface area contributed by atoms with Crippen LogP contribution in [-0.4, -0.2) is 21.2 Å². The molecule has 5 heteroatoms. The highest BCUT2D eigenvalue weighted by atomic mass is 32.1. The highest BCUT2D eigenvalue weighted by Gasteiger charge is 2.21. The monoisotopic (exact) mass is 285 g/mol. The van der Waals surface area contributed by atoms with Crippen molar-refractivity contribution in [1.29, 1.82) is 0 Å².